The maximum Gasteiger partial charge on any atom is 0.404 e. The minimum atomic E-state index is -1.03. The summed E-state index contributed by atoms with van der Waals surface area (Å²) >= 11 is 0. The number of fused-ring (bicyclic) bond motifs is 2. The number of pyridine rings is 2. The molecule has 9 heteroatoms. The molecular weight excluding hydrogens is 350 g/mol. The van der Waals surface area contributed by atoms with Gasteiger partial charge in [-0.15, -0.1) is 0 Å². The predicted molar refractivity (Wildman–Crippen MR) is 96.5 cm³/mol. The van der Waals surface area contributed by atoms with E-state index in [1.807, 2.05) is 6.07 Å². The molecule has 2 N–H and O–H groups in total. The number of hydrogen-bond acceptors (Lipinski definition) is 6. The molecule has 0 spiro atoms. The lowest BCUT2D eigenvalue weighted by molar-refractivity contribution is 0.188. The molecule has 9 nitrogen and oxygen atoms in total. The number of carbonyl (C=O) groups is 1. The summed E-state index contributed by atoms with van der Waals surface area (Å²) < 4.78 is 6.62. The standard InChI is InChI=1S/C18H17N5O4/c1-27-15-5-4-13-17(22-15)23(16(24)9-20-13)12-6-10-2-3-11(21-18(25)26)7-14(10)19-8-12/h4-6,8-9,11,21H,2-3,7H2,1H3,(H,25,26). The van der Waals surface area contributed by atoms with Gasteiger partial charge in [0.05, 0.1) is 25.2 Å². The molecule has 0 radical (unpaired) electrons. The summed E-state index contributed by atoms with van der Waals surface area (Å²) in [6, 6.07) is 5.18. The minimum Gasteiger partial charge on any atom is -0.481 e. The van der Waals surface area contributed by atoms with Gasteiger partial charge in [-0.3, -0.25) is 14.3 Å². The Morgan fingerprint density at radius 3 is 2.96 bits per heavy atom. The molecular formula is C18H17N5O4. The van der Waals surface area contributed by atoms with Gasteiger partial charge < -0.3 is 15.2 Å². The van der Waals surface area contributed by atoms with Crippen LogP contribution < -0.4 is 15.6 Å². The molecule has 0 aromatic carbocycles. The number of carboxylic acid groups (broad SMARTS) is 1. The smallest absolute Gasteiger partial charge is 0.404 e. The molecule has 3 heterocycles. The second-order valence-electron chi connectivity index (χ2n) is 6.32. The molecule has 0 aliphatic heterocycles. The number of aryl methyl sites for hydroxylation is 1. The zero-order chi connectivity index (χ0) is 19.0. The van der Waals surface area contributed by atoms with E-state index in [1.54, 1.807) is 18.3 Å². The topological polar surface area (TPSA) is 119 Å². The molecule has 1 unspecified atom stereocenters. The Kier molecular flexibility index (Phi) is 4.19. The molecule has 1 amide bonds. The first-order valence-corrected chi connectivity index (χ1v) is 8.45. The third-order valence-electron chi connectivity index (χ3n) is 4.62. The van der Waals surface area contributed by atoms with Gasteiger partial charge in [0, 0.05) is 24.2 Å². The largest absolute Gasteiger partial charge is 0.481 e. The van der Waals surface area contributed by atoms with Gasteiger partial charge in [-0.2, -0.15) is 4.98 Å². The molecule has 0 saturated carbocycles. The quantitative estimate of drug-likeness (QED) is 0.716. The van der Waals surface area contributed by atoms with Gasteiger partial charge in [-0.25, -0.2) is 9.78 Å². The molecule has 3 aromatic heterocycles. The van der Waals surface area contributed by atoms with Gasteiger partial charge in [0.1, 0.15) is 5.52 Å². The fourth-order valence-corrected chi connectivity index (χ4v) is 3.35. The minimum absolute atomic E-state index is 0.149. The van der Waals surface area contributed by atoms with E-state index in [1.165, 1.54) is 17.9 Å². The van der Waals surface area contributed by atoms with Gasteiger partial charge >= 0.3 is 6.09 Å². The summed E-state index contributed by atoms with van der Waals surface area (Å²) in [7, 11) is 1.51. The third-order valence-corrected chi connectivity index (χ3v) is 4.62. The van der Waals surface area contributed by atoms with Crippen LogP contribution in [-0.4, -0.2) is 43.9 Å². The van der Waals surface area contributed by atoms with E-state index in [2.05, 4.69) is 20.3 Å². The van der Waals surface area contributed by atoms with Crippen molar-refractivity contribution in [2.24, 2.45) is 0 Å². The van der Waals surface area contributed by atoms with Gasteiger partial charge in [0.25, 0.3) is 5.56 Å². The van der Waals surface area contributed by atoms with E-state index in [0.717, 1.165) is 11.3 Å². The van der Waals surface area contributed by atoms with Gasteiger partial charge in [0.2, 0.25) is 5.88 Å². The van der Waals surface area contributed by atoms with Crippen molar-refractivity contribution >= 4 is 17.3 Å². The van der Waals surface area contributed by atoms with E-state index >= 15 is 0 Å². The Balaban J connectivity index is 1.78. The lowest BCUT2D eigenvalue weighted by atomic mass is 9.92. The first-order chi connectivity index (χ1) is 13.0. The number of nitrogens with one attached hydrogen (secondary N) is 1. The summed E-state index contributed by atoms with van der Waals surface area (Å²) in [5, 5.41) is 11.4. The number of rotatable bonds is 3. The van der Waals surface area contributed by atoms with Crippen molar-refractivity contribution in [2.45, 2.75) is 25.3 Å². The molecule has 1 aliphatic carbocycles. The zero-order valence-electron chi connectivity index (χ0n) is 14.5. The van der Waals surface area contributed by atoms with Gasteiger partial charge in [-0.05, 0) is 30.5 Å². The monoisotopic (exact) mass is 367 g/mol. The molecule has 1 atom stereocenters. The summed E-state index contributed by atoms with van der Waals surface area (Å²) in [5.74, 6) is 0.386. The van der Waals surface area contributed by atoms with Crippen LogP contribution in [0.25, 0.3) is 16.9 Å². The number of amides is 1. The summed E-state index contributed by atoms with van der Waals surface area (Å²) in [6.07, 6.45) is 3.71. The van der Waals surface area contributed by atoms with E-state index < -0.39 is 6.09 Å². The summed E-state index contributed by atoms with van der Waals surface area (Å²) in [6.45, 7) is 0. The van der Waals surface area contributed by atoms with Crippen LogP contribution in [0.15, 0.2) is 35.4 Å². The van der Waals surface area contributed by atoms with E-state index in [4.69, 9.17) is 9.84 Å². The third kappa shape index (κ3) is 3.19. The van der Waals surface area contributed by atoms with Crippen LogP contribution in [0.5, 0.6) is 5.88 Å². The van der Waals surface area contributed by atoms with Crippen LogP contribution in [0.2, 0.25) is 0 Å². The molecule has 3 aromatic rings. The van der Waals surface area contributed by atoms with Crippen LogP contribution in [0.1, 0.15) is 17.7 Å². The van der Waals surface area contributed by atoms with Crippen LogP contribution in [-0.2, 0) is 12.8 Å². The fraction of sp³-hybridized carbons (Fsp3) is 0.278. The second-order valence-corrected chi connectivity index (χ2v) is 6.32. The lowest BCUT2D eigenvalue weighted by Crippen LogP contribution is -2.38. The van der Waals surface area contributed by atoms with E-state index in [0.29, 0.717) is 42.0 Å². The maximum atomic E-state index is 12.5. The van der Waals surface area contributed by atoms with Crippen LogP contribution in [0.4, 0.5) is 4.79 Å². The Labute approximate surface area is 153 Å². The molecule has 0 fully saturated rings. The Morgan fingerprint density at radius 2 is 2.19 bits per heavy atom. The highest BCUT2D eigenvalue weighted by Crippen LogP contribution is 2.23. The number of ether oxygens (including phenoxy) is 1. The highest BCUT2D eigenvalue weighted by molar-refractivity contribution is 5.72. The normalized spacial score (nSPS) is 16.0. The second kappa shape index (κ2) is 6.67. The molecule has 0 saturated heterocycles. The van der Waals surface area contributed by atoms with Crippen molar-refractivity contribution in [1.29, 1.82) is 0 Å². The van der Waals surface area contributed by atoms with Crippen molar-refractivity contribution in [3.8, 4) is 11.6 Å². The Bertz CT molecular complexity index is 1090. The molecule has 0 bridgehead atoms. The fourth-order valence-electron chi connectivity index (χ4n) is 3.35. The molecule has 27 heavy (non-hydrogen) atoms. The van der Waals surface area contributed by atoms with Crippen LogP contribution >= 0.6 is 0 Å². The van der Waals surface area contributed by atoms with Crippen molar-refractivity contribution in [3.05, 3.63) is 52.2 Å². The molecule has 138 valence electrons. The lowest BCUT2D eigenvalue weighted by Gasteiger charge is -2.24. The Hall–Kier alpha value is -3.49. The van der Waals surface area contributed by atoms with E-state index in [9.17, 15) is 9.59 Å². The first kappa shape index (κ1) is 17.0. The Morgan fingerprint density at radius 1 is 1.33 bits per heavy atom. The number of nitrogens with zero attached hydrogens (tertiary/aromatic N) is 4. The van der Waals surface area contributed by atoms with Crippen LogP contribution in [0.3, 0.4) is 0 Å². The van der Waals surface area contributed by atoms with Gasteiger partial charge in [-0.1, -0.05) is 0 Å². The summed E-state index contributed by atoms with van der Waals surface area (Å²) in [5.41, 5.74) is 3.07. The SMILES string of the molecule is COc1ccc2ncc(=O)n(-c3cnc4c(c3)CCC(NC(=O)O)C4)c2n1. The van der Waals surface area contributed by atoms with Crippen LogP contribution in [0, 0.1) is 0 Å². The number of aromatic nitrogens is 4. The summed E-state index contributed by atoms with van der Waals surface area (Å²) in [4.78, 5) is 36.3. The first-order valence-electron chi connectivity index (χ1n) is 8.45. The van der Waals surface area contributed by atoms with Crippen molar-refractivity contribution < 1.29 is 14.6 Å². The zero-order valence-corrected chi connectivity index (χ0v) is 14.5. The van der Waals surface area contributed by atoms with Crippen molar-refractivity contribution in [3.63, 3.8) is 0 Å². The van der Waals surface area contributed by atoms with E-state index in [-0.39, 0.29) is 11.6 Å². The average Bonchev–Trinajstić information content (AvgIpc) is 2.66. The predicted octanol–water partition coefficient (Wildman–Crippen LogP) is 1.31. The maximum absolute atomic E-state index is 12.5. The van der Waals surface area contributed by atoms with Gasteiger partial charge in [0.15, 0.2) is 5.65 Å². The van der Waals surface area contributed by atoms with Crippen molar-refractivity contribution in [2.75, 3.05) is 7.11 Å². The number of hydrogen-bond donors (Lipinski definition) is 2. The number of methoxy groups -OCH3 is 1. The highest BCUT2D eigenvalue weighted by atomic mass is 16.5. The van der Waals surface area contributed by atoms with Crippen molar-refractivity contribution in [1.82, 2.24) is 24.8 Å². The molecule has 4 rings (SSSR count). The highest BCUT2D eigenvalue weighted by Gasteiger charge is 2.22. The molecule has 1 aliphatic rings. The average molecular weight is 367 g/mol.